The quantitative estimate of drug-likeness (QED) is 0.865. The molecule has 0 saturated carbocycles. The van der Waals surface area contributed by atoms with Crippen molar-refractivity contribution in [1.82, 2.24) is 19.6 Å². The highest BCUT2D eigenvalue weighted by molar-refractivity contribution is 5.21. The molecule has 1 atom stereocenters. The summed E-state index contributed by atoms with van der Waals surface area (Å²) >= 11 is 0. The summed E-state index contributed by atoms with van der Waals surface area (Å²) in [5, 5.41) is 18.6. The molecule has 0 spiro atoms. The first kappa shape index (κ1) is 11.9. The van der Waals surface area contributed by atoms with Crippen LogP contribution in [0, 0.1) is 6.92 Å². The number of aliphatic hydroxyl groups is 1. The molecule has 5 nitrogen and oxygen atoms in total. The van der Waals surface area contributed by atoms with E-state index in [0.717, 1.165) is 23.4 Å². The Morgan fingerprint density at radius 3 is 2.71 bits per heavy atom. The van der Waals surface area contributed by atoms with Crippen molar-refractivity contribution in [1.29, 1.82) is 0 Å². The van der Waals surface area contributed by atoms with Crippen molar-refractivity contribution in [2.75, 3.05) is 0 Å². The molecule has 0 aliphatic carbocycles. The van der Waals surface area contributed by atoms with E-state index in [4.69, 9.17) is 0 Å². The van der Waals surface area contributed by atoms with Crippen LogP contribution in [0.3, 0.4) is 0 Å². The van der Waals surface area contributed by atoms with Crippen molar-refractivity contribution in [3.8, 4) is 0 Å². The molecule has 2 heterocycles. The third-order valence-electron chi connectivity index (χ3n) is 2.85. The number of hydrogen-bond donors (Lipinski definition) is 1. The number of hydrogen-bond acceptors (Lipinski definition) is 3. The lowest BCUT2D eigenvalue weighted by Crippen LogP contribution is -2.02. The van der Waals surface area contributed by atoms with Crippen molar-refractivity contribution in [2.45, 2.75) is 32.9 Å². The van der Waals surface area contributed by atoms with E-state index in [0.29, 0.717) is 6.42 Å². The second-order valence-corrected chi connectivity index (χ2v) is 4.27. The van der Waals surface area contributed by atoms with Gasteiger partial charge in [0.15, 0.2) is 0 Å². The van der Waals surface area contributed by atoms with Gasteiger partial charge in [-0.1, -0.05) is 0 Å². The molecule has 92 valence electrons. The predicted molar refractivity (Wildman–Crippen MR) is 64.5 cm³/mol. The molecule has 5 heteroatoms. The Morgan fingerprint density at radius 1 is 1.41 bits per heavy atom. The Hall–Kier alpha value is -1.62. The van der Waals surface area contributed by atoms with Gasteiger partial charge in [-0.15, -0.1) is 0 Å². The van der Waals surface area contributed by atoms with Gasteiger partial charge in [0.05, 0.1) is 18.0 Å². The first-order valence-electron chi connectivity index (χ1n) is 5.79. The largest absolute Gasteiger partial charge is 0.388 e. The maximum Gasteiger partial charge on any atom is 0.0864 e. The molecule has 2 aromatic rings. The standard InChI is InChI=1S/C12H18N4O/c1-4-16-7-10(6-13-16)5-12(17)11-8-15(3)14-9(11)2/h6-8,12,17H,4-5H2,1-3H3. The third kappa shape index (κ3) is 2.55. The summed E-state index contributed by atoms with van der Waals surface area (Å²) in [6.45, 7) is 4.80. The van der Waals surface area contributed by atoms with Crippen LogP contribution >= 0.6 is 0 Å². The van der Waals surface area contributed by atoms with Crippen molar-refractivity contribution in [3.05, 3.63) is 35.4 Å². The van der Waals surface area contributed by atoms with Crippen molar-refractivity contribution < 1.29 is 5.11 Å². The van der Waals surface area contributed by atoms with E-state index in [9.17, 15) is 5.11 Å². The van der Waals surface area contributed by atoms with E-state index < -0.39 is 6.10 Å². The lowest BCUT2D eigenvalue weighted by molar-refractivity contribution is 0.177. The van der Waals surface area contributed by atoms with Gasteiger partial charge in [-0.05, 0) is 19.4 Å². The Morgan fingerprint density at radius 2 is 2.18 bits per heavy atom. The normalized spacial score (nSPS) is 12.9. The summed E-state index contributed by atoms with van der Waals surface area (Å²) in [7, 11) is 1.86. The van der Waals surface area contributed by atoms with Crippen molar-refractivity contribution >= 4 is 0 Å². The number of nitrogens with zero attached hydrogens (tertiary/aromatic N) is 4. The first-order chi connectivity index (χ1) is 8.10. The van der Waals surface area contributed by atoms with Crippen molar-refractivity contribution in [2.24, 2.45) is 7.05 Å². The second-order valence-electron chi connectivity index (χ2n) is 4.27. The highest BCUT2D eigenvalue weighted by Gasteiger charge is 2.14. The Balaban J connectivity index is 2.11. The molecule has 0 radical (unpaired) electrons. The van der Waals surface area contributed by atoms with Crippen LogP contribution in [0.25, 0.3) is 0 Å². The van der Waals surface area contributed by atoms with E-state index >= 15 is 0 Å². The second kappa shape index (κ2) is 4.71. The highest BCUT2D eigenvalue weighted by Crippen LogP contribution is 2.20. The fourth-order valence-corrected chi connectivity index (χ4v) is 1.96. The zero-order chi connectivity index (χ0) is 12.4. The predicted octanol–water partition coefficient (Wildman–Crippen LogP) is 1.22. The zero-order valence-corrected chi connectivity index (χ0v) is 10.5. The molecule has 2 aromatic heterocycles. The molecular weight excluding hydrogens is 216 g/mol. The van der Waals surface area contributed by atoms with Gasteiger partial charge < -0.3 is 5.11 Å². The van der Waals surface area contributed by atoms with Crippen LogP contribution in [-0.2, 0) is 20.0 Å². The smallest absolute Gasteiger partial charge is 0.0864 e. The van der Waals surface area contributed by atoms with Gasteiger partial charge in [-0.2, -0.15) is 10.2 Å². The van der Waals surface area contributed by atoms with Gasteiger partial charge in [-0.25, -0.2) is 0 Å². The summed E-state index contributed by atoms with van der Waals surface area (Å²) < 4.78 is 3.58. The first-order valence-corrected chi connectivity index (χ1v) is 5.79. The van der Waals surface area contributed by atoms with Gasteiger partial charge in [0.25, 0.3) is 0 Å². The van der Waals surface area contributed by atoms with Crippen LogP contribution in [-0.4, -0.2) is 24.7 Å². The van der Waals surface area contributed by atoms with Crippen LogP contribution in [0.5, 0.6) is 0 Å². The fraction of sp³-hybridized carbons (Fsp3) is 0.500. The van der Waals surface area contributed by atoms with Crippen LogP contribution < -0.4 is 0 Å². The van der Waals surface area contributed by atoms with Crippen LogP contribution in [0.1, 0.15) is 29.8 Å². The molecule has 0 aromatic carbocycles. The minimum Gasteiger partial charge on any atom is -0.388 e. The summed E-state index contributed by atoms with van der Waals surface area (Å²) in [4.78, 5) is 0. The van der Waals surface area contributed by atoms with Gasteiger partial charge >= 0.3 is 0 Å². The van der Waals surface area contributed by atoms with E-state index in [1.54, 1.807) is 10.9 Å². The highest BCUT2D eigenvalue weighted by atomic mass is 16.3. The van der Waals surface area contributed by atoms with E-state index in [-0.39, 0.29) is 0 Å². The molecule has 17 heavy (non-hydrogen) atoms. The topological polar surface area (TPSA) is 55.9 Å². The van der Waals surface area contributed by atoms with Crippen molar-refractivity contribution in [3.63, 3.8) is 0 Å². The maximum absolute atomic E-state index is 10.2. The average molecular weight is 234 g/mol. The van der Waals surface area contributed by atoms with E-state index in [2.05, 4.69) is 10.2 Å². The van der Waals surface area contributed by atoms with Gasteiger partial charge in [0.1, 0.15) is 0 Å². The fourth-order valence-electron chi connectivity index (χ4n) is 1.96. The molecule has 0 amide bonds. The maximum atomic E-state index is 10.2. The lowest BCUT2D eigenvalue weighted by Gasteiger charge is -2.07. The molecule has 2 rings (SSSR count). The lowest BCUT2D eigenvalue weighted by atomic mass is 10.0. The van der Waals surface area contributed by atoms with E-state index in [1.165, 1.54) is 0 Å². The number of aromatic nitrogens is 4. The number of rotatable bonds is 4. The van der Waals surface area contributed by atoms with Crippen LogP contribution in [0.4, 0.5) is 0 Å². The van der Waals surface area contributed by atoms with Gasteiger partial charge in [0, 0.05) is 38.0 Å². The minimum absolute atomic E-state index is 0.516. The number of aliphatic hydroxyl groups excluding tert-OH is 1. The molecule has 0 saturated heterocycles. The third-order valence-corrected chi connectivity index (χ3v) is 2.85. The summed E-state index contributed by atoms with van der Waals surface area (Å²) in [6.07, 6.45) is 5.70. The molecule has 0 aliphatic heterocycles. The summed E-state index contributed by atoms with van der Waals surface area (Å²) in [5.41, 5.74) is 2.81. The number of aryl methyl sites for hydroxylation is 3. The molecular formula is C12H18N4O. The van der Waals surface area contributed by atoms with Gasteiger partial charge in [0.2, 0.25) is 0 Å². The van der Waals surface area contributed by atoms with Crippen LogP contribution in [0.2, 0.25) is 0 Å². The SMILES string of the molecule is CCn1cc(CC(O)c2cn(C)nc2C)cn1. The summed E-state index contributed by atoms with van der Waals surface area (Å²) in [5.74, 6) is 0. The monoisotopic (exact) mass is 234 g/mol. The molecule has 0 bridgehead atoms. The zero-order valence-electron chi connectivity index (χ0n) is 10.5. The summed E-state index contributed by atoms with van der Waals surface area (Å²) in [6, 6.07) is 0. The Labute approximate surface area is 101 Å². The van der Waals surface area contributed by atoms with Gasteiger partial charge in [-0.3, -0.25) is 9.36 Å². The molecule has 0 fully saturated rings. The Bertz CT molecular complexity index is 500. The van der Waals surface area contributed by atoms with Crippen LogP contribution in [0.15, 0.2) is 18.6 Å². The average Bonchev–Trinajstić information content (AvgIpc) is 2.85. The molecule has 0 aliphatic rings. The van der Waals surface area contributed by atoms with E-state index in [1.807, 2.05) is 38.0 Å². The minimum atomic E-state index is -0.516. The Kier molecular flexibility index (Phi) is 3.28. The molecule has 1 N–H and O–H groups in total. The molecule has 1 unspecified atom stereocenters.